The number of ether oxygens (including phenoxy) is 4. The molecule has 1 heterocycles. The third-order valence-corrected chi connectivity index (χ3v) is 5.25. The number of carbonyl (C=O) groups excluding carboxylic acids is 1. The standard InChI is InChI=1S/C17H24N2O7S/c1-23-14-6-4-5-13(11-14)16(20)18-9-10-27(21,22)19-12-17(25-3)8-7-15(24-2)26-17/h4-8,11,15,19H,9-10,12H2,1-3H3,(H,18,20)/t15-,17-/m0/s1. The molecule has 1 aromatic rings. The van der Waals surface area contributed by atoms with Crippen LogP contribution in [0.2, 0.25) is 0 Å². The van der Waals surface area contributed by atoms with Gasteiger partial charge in [-0.3, -0.25) is 4.79 Å². The fourth-order valence-electron chi connectivity index (χ4n) is 2.36. The van der Waals surface area contributed by atoms with E-state index in [2.05, 4.69) is 10.0 Å². The van der Waals surface area contributed by atoms with Gasteiger partial charge >= 0.3 is 0 Å². The van der Waals surface area contributed by atoms with E-state index in [-0.39, 0.29) is 24.7 Å². The van der Waals surface area contributed by atoms with Crippen molar-refractivity contribution >= 4 is 15.9 Å². The number of hydrogen-bond donors (Lipinski definition) is 2. The fourth-order valence-corrected chi connectivity index (χ4v) is 3.30. The van der Waals surface area contributed by atoms with E-state index in [9.17, 15) is 13.2 Å². The third-order valence-electron chi connectivity index (χ3n) is 3.93. The molecule has 1 aliphatic heterocycles. The quantitative estimate of drug-likeness (QED) is 0.541. The zero-order chi connectivity index (χ0) is 19.9. The van der Waals surface area contributed by atoms with Gasteiger partial charge in [-0.05, 0) is 30.4 Å². The molecule has 0 aromatic heterocycles. The highest BCUT2D eigenvalue weighted by Gasteiger charge is 2.36. The fraction of sp³-hybridized carbons (Fsp3) is 0.471. The summed E-state index contributed by atoms with van der Waals surface area (Å²) in [6, 6.07) is 6.58. The molecule has 1 amide bonds. The Morgan fingerprint density at radius 1 is 1.30 bits per heavy atom. The lowest BCUT2D eigenvalue weighted by atomic mass is 10.2. The smallest absolute Gasteiger partial charge is 0.251 e. The Morgan fingerprint density at radius 2 is 2.07 bits per heavy atom. The molecule has 0 spiro atoms. The summed E-state index contributed by atoms with van der Waals surface area (Å²) in [6.07, 6.45) is 2.62. The number of sulfonamides is 1. The van der Waals surface area contributed by atoms with Crippen molar-refractivity contribution in [2.45, 2.75) is 12.1 Å². The highest BCUT2D eigenvalue weighted by atomic mass is 32.2. The summed E-state index contributed by atoms with van der Waals surface area (Å²) >= 11 is 0. The average molecular weight is 400 g/mol. The van der Waals surface area contributed by atoms with E-state index in [0.29, 0.717) is 11.3 Å². The van der Waals surface area contributed by atoms with Gasteiger partial charge in [0.05, 0.1) is 19.4 Å². The van der Waals surface area contributed by atoms with Crippen LogP contribution in [0, 0.1) is 0 Å². The first-order valence-corrected chi connectivity index (χ1v) is 9.83. The Labute approximate surface area is 158 Å². The zero-order valence-corrected chi connectivity index (χ0v) is 16.2. The molecule has 2 rings (SSSR count). The molecule has 0 saturated heterocycles. The van der Waals surface area contributed by atoms with Crippen molar-refractivity contribution in [1.82, 2.24) is 10.0 Å². The van der Waals surface area contributed by atoms with Gasteiger partial charge < -0.3 is 24.3 Å². The minimum Gasteiger partial charge on any atom is -0.497 e. The molecule has 0 radical (unpaired) electrons. The number of methoxy groups -OCH3 is 3. The van der Waals surface area contributed by atoms with Crippen molar-refractivity contribution in [3.63, 3.8) is 0 Å². The van der Waals surface area contributed by atoms with Crippen LogP contribution in [0.1, 0.15) is 10.4 Å². The maximum atomic E-state index is 12.2. The highest BCUT2D eigenvalue weighted by Crippen LogP contribution is 2.24. The Balaban J connectivity index is 1.82. The van der Waals surface area contributed by atoms with Crippen LogP contribution in [0.5, 0.6) is 5.75 Å². The number of benzene rings is 1. The molecule has 2 atom stereocenters. The van der Waals surface area contributed by atoms with Crippen molar-refractivity contribution in [2.24, 2.45) is 0 Å². The second kappa shape index (κ2) is 9.29. The molecular formula is C17H24N2O7S. The Bertz CT molecular complexity index is 781. The normalized spacial score (nSPS) is 22.0. The lowest BCUT2D eigenvalue weighted by Gasteiger charge is -2.27. The first-order chi connectivity index (χ1) is 12.8. The van der Waals surface area contributed by atoms with Crippen molar-refractivity contribution in [2.75, 3.05) is 40.2 Å². The molecule has 0 unspecified atom stereocenters. The van der Waals surface area contributed by atoms with Crippen LogP contribution >= 0.6 is 0 Å². The van der Waals surface area contributed by atoms with E-state index in [0.717, 1.165) is 0 Å². The molecule has 150 valence electrons. The molecule has 0 fully saturated rings. The number of nitrogens with one attached hydrogen (secondary N) is 2. The summed E-state index contributed by atoms with van der Waals surface area (Å²) in [5, 5.41) is 2.56. The molecule has 0 bridgehead atoms. The van der Waals surface area contributed by atoms with Crippen LogP contribution in [-0.2, 0) is 24.2 Å². The molecule has 0 saturated carbocycles. The summed E-state index contributed by atoms with van der Waals surface area (Å²) < 4.78 is 47.6. The largest absolute Gasteiger partial charge is 0.497 e. The van der Waals surface area contributed by atoms with E-state index in [1.807, 2.05) is 0 Å². The van der Waals surface area contributed by atoms with Crippen LogP contribution in [0.15, 0.2) is 36.4 Å². The van der Waals surface area contributed by atoms with Crippen molar-refractivity contribution in [1.29, 1.82) is 0 Å². The summed E-state index contributed by atoms with van der Waals surface area (Å²) in [6.45, 7) is -0.172. The zero-order valence-electron chi connectivity index (χ0n) is 15.4. The lowest BCUT2D eigenvalue weighted by molar-refractivity contribution is -0.237. The minimum atomic E-state index is -3.66. The topological polar surface area (TPSA) is 112 Å². The van der Waals surface area contributed by atoms with E-state index >= 15 is 0 Å². The van der Waals surface area contributed by atoms with E-state index in [4.69, 9.17) is 18.9 Å². The van der Waals surface area contributed by atoms with Gasteiger partial charge in [-0.2, -0.15) is 0 Å². The predicted octanol–water partition coefficient (Wildman–Crippen LogP) is 0.246. The van der Waals surface area contributed by atoms with Gasteiger partial charge in [0.1, 0.15) is 5.75 Å². The monoisotopic (exact) mass is 400 g/mol. The third kappa shape index (κ3) is 6.01. The highest BCUT2D eigenvalue weighted by molar-refractivity contribution is 7.89. The Morgan fingerprint density at radius 3 is 2.70 bits per heavy atom. The van der Waals surface area contributed by atoms with Gasteiger partial charge in [0, 0.05) is 26.3 Å². The molecule has 1 aromatic carbocycles. The maximum Gasteiger partial charge on any atom is 0.251 e. The first kappa shape index (κ1) is 21.3. The second-order valence-corrected chi connectivity index (χ2v) is 7.65. The van der Waals surface area contributed by atoms with Crippen LogP contribution in [0.3, 0.4) is 0 Å². The molecule has 2 N–H and O–H groups in total. The molecule has 1 aliphatic rings. The Kier molecular flexibility index (Phi) is 7.33. The summed E-state index contributed by atoms with van der Waals surface area (Å²) in [5.74, 6) is -1.36. The van der Waals surface area contributed by atoms with Crippen LogP contribution < -0.4 is 14.8 Å². The summed E-state index contributed by atoms with van der Waals surface area (Å²) in [5.41, 5.74) is 0.383. The van der Waals surface area contributed by atoms with Crippen LogP contribution in [0.25, 0.3) is 0 Å². The van der Waals surface area contributed by atoms with Gasteiger partial charge in [0.25, 0.3) is 5.91 Å². The molecule has 9 nitrogen and oxygen atoms in total. The SMILES string of the molecule is COc1cccc(C(=O)NCCS(=O)(=O)NC[C@]2(OC)C=C[C@@H](OC)O2)c1. The molecule has 0 aliphatic carbocycles. The number of amides is 1. The van der Waals surface area contributed by atoms with E-state index in [1.165, 1.54) is 21.3 Å². The summed E-state index contributed by atoms with van der Waals surface area (Å²) in [4.78, 5) is 12.1. The van der Waals surface area contributed by atoms with Gasteiger partial charge in [0.15, 0.2) is 6.29 Å². The van der Waals surface area contributed by atoms with Gasteiger partial charge in [-0.25, -0.2) is 13.1 Å². The molecular weight excluding hydrogens is 376 g/mol. The average Bonchev–Trinajstić information content (AvgIpc) is 3.11. The number of hydrogen-bond acceptors (Lipinski definition) is 7. The van der Waals surface area contributed by atoms with Crippen LogP contribution in [-0.4, -0.2) is 66.6 Å². The number of carbonyl (C=O) groups is 1. The molecule has 27 heavy (non-hydrogen) atoms. The van der Waals surface area contributed by atoms with Gasteiger partial charge in [-0.1, -0.05) is 6.07 Å². The Hall–Kier alpha value is -1.98. The summed E-state index contributed by atoms with van der Waals surface area (Å²) in [7, 11) is 0.720. The van der Waals surface area contributed by atoms with E-state index < -0.39 is 22.1 Å². The minimum absolute atomic E-state index is 0.0528. The van der Waals surface area contributed by atoms with Crippen molar-refractivity contribution in [3.8, 4) is 5.75 Å². The number of rotatable bonds is 10. The molecule has 10 heteroatoms. The van der Waals surface area contributed by atoms with Crippen molar-refractivity contribution in [3.05, 3.63) is 42.0 Å². The predicted molar refractivity (Wildman–Crippen MR) is 97.9 cm³/mol. The lowest BCUT2D eigenvalue weighted by Crippen LogP contribution is -2.46. The van der Waals surface area contributed by atoms with Crippen LogP contribution in [0.4, 0.5) is 0 Å². The first-order valence-electron chi connectivity index (χ1n) is 8.18. The van der Waals surface area contributed by atoms with Gasteiger partial charge in [-0.15, -0.1) is 0 Å². The second-order valence-electron chi connectivity index (χ2n) is 5.72. The maximum absolute atomic E-state index is 12.2. The van der Waals surface area contributed by atoms with Gasteiger partial charge in [0.2, 0.25) is 15.8 Å². The van der Waals surface area contributed by atoms with E-state index in [1.54, 1.807) is 36.4 Å². The van der Waals surface area contributed by atoms with Crippen molar-refractivity contribution < 1.29 is 32.2 Å².